The van der Waals surface area contributed by atoms with Gasteiger partial charge in [0.1, 0.15) is 11.4 Å². The minimum atomic E-state index is -0.521. The summed E-state index contributed by atoms with van der Waals surface area (Å²) in [6, 6.07) is 4.86. The van der Waals surface area contributed by atoms with E-state index in [9.17, 15) is 4.79 Å². The lowest BCUT2D eigenvalue weighted by Crippen LogP contribution is -2.32. The van der Waals surface area contributed by atoms with Crippen molar-refractivity contribution in [1.29, 1.82) is 0 Å². The van der Waals surface area contributed by atoms with Crippen LogP contribution in [0, 0.1) is 0 Å². The molecule has 0 amide bonds. The maximum absolute atomic E-state index is 12.1. The Hall–Kier alpha value is -2.07. The standard InChI is InChI=1S/C15H13ClN2O2/c1-15(2)7-12(11-5-6-17-8-13(11)20-15)18-9-10(16)3-4-14(18)19/h3-9H,1-2H3. The van der Waals surface area contributed by atoms with Crippen LogP contribution < -0.4 is 10.3 Å². The quantitative estimate of drug-likeness (QED) is 0.810. The minimum absolute atomic E-state index is 0.138. The van der Waals surface area contributed by atoms with Gasteiger partial charge in [0.05, 0.1) is 16.9 Å². The van der Waals surface area contributed by atoms with Gasteiger partial charge in [-0.3, -0.25) is 14.3 Å². The zero-order valence-corrected chi connectivity index (χ0v) is 11.9. The number of ether oxygens (including phenoxy) is 1. The van der Waals surface area contributed by atoms with Crippen molar-refractivity contribution in [1.82, 2.24) is 9.55 Å². The van der Waals surface area contributed by atoms with Crippen LogP contribution in [0.3, 0.4) is 0 Å². The smallest absolute Gasteiger partial charge is 0.255 e. The highest BCUT2D eigenvalue weighted by atomic mass is 35.5. The lowest BCUT2D eigenvalue weighted by molar-refractivity contribution is 0.156. The summed E-state index contributed by atoms with van der Waals surface area (Å²) in [7, 11) is 0. The molecule has 102 valence electrons. The molecule has 0 bridgehead atoms. The molecule has 0 N–H and O–H groups in total. The monoisotopic (exact) mass is 288 g/mol. The maximum atomic E-state index is 12.1. The summed E-state index contributed by atoms with van der Waals surface area (Å²) in [5.74, 6) is 0.655. The van der Waals surface area contributed by atoms with E-state index in [-0.39, 0.29) is 5.56 Å². The number of hydrogen-bond donors (Lipinski definition) is 0. The molecule has 1 aliphatic heterocycles. The summed E-state index contributed by atoms with van der Waals surface area (Å²) in [4.78, 5) is 16.2. The summed E-state index contributed by atoms with van der Waals surface area (Å²) >= 11 is 6.00. The van der Waals surface area contributed by atoms with Crippen molar-refractivity contribution in [2.45, 2.75) is 19.4 Å². The number of nitrogens with zero attached hydrogens (tertiary/aromatic N) is 2. The third-order valence-corrected chi connectivity index (χ3v) is 3.28. The second-order valence-corrected chi connectivity index (χ2v) is 5.60. The van der Waals surface area contributed by atoms with Crippen LogP contribution in [0.15, 0.2) is 47.7 Å². The summed E-state index contributed by atoms with van der Waals surface area (Å²) in [6.45, 7) is 3.86. The Morgan fingerprint density at radius 1 is 1.30 bits per heavy atom. The predicted molar refractivity (Wildman–Crippen MR) is 78.0 cm³/mol. The van der Waals surface area contributed by atoms with Crippen LogP contribution in [0.5, 0.6) is 5.75 Å². The Balaban J connectivity index is 2.28. The molecule has 0 unspecified atom stereocenters. The molecule has 1 aliphatic rings. The molecule has 2 aromatic rings. The van der Waals surface area contributed by atoms with Gasteiger partial charge in [0, 0.05) is 24.0 Å². The van der Waals surface area contributed by atoms with Crippen LogP contribution in [-0.2, 0) is 0 Å². The number of aromatic nitrogens is 2. The van der Waals surface area contributed by atoms with Gasteiger partial charge in [0.2, 0.25) is 0 Å². The van der Waals surface area contributed by atoms with Crippen molar-refractivity contribution < 1.29 is 4.74 Å². The first-order chi connectivity index (χ1) is 9.46. The van der Waals surface area contributed by atoms with E-state index in [1.54, 1.807) is 24.7 Å². The first-order valence-electron chi connectivity index (χ1n) is 6.21. The van der Waals surface area contributed by atoms with Gasteiger partial charge in [0.25, 0.3) is 5.56 Å². The summed E-state index contributed by atoms with van der Waals surface area (Å²) in [5.41, 5.74) is 0.920. The molecule has 0 radical (unpaired) electrons. The molecule has 4 nitrogen and oxygen atoms in total. The van der Waals surface area contributed by atoms with E-state index < -0.39 is 5.60 Å². The number of halogens is 1. The van der Waals surface area contributed by atoms with E-state index >= 15 is 0 Å². The Labute approximate surface area is 121 Å². The fourth-order valence-corrected chi connectivity index (χ4v) is 2.40. The number of fused-ring (bicyclic) bond motifs is 1. The lowest BCUT2D eigenvalue weighted by Gasteiger charge is -2.31. The summed E-state index contributed by atoms with van der Waals surface area (Å²) in [5, 5.41) is 0.505. The molecule has 0 saturated carbocycles. The average Bonchev–Trinajstić information content (AvgIpc) is 2.39. The van der Waals surface area contributed by atoms with Crippen molar-refractivity contribution in [2.75, 3.05) is 0 Å². The van der Waals surface area contributed by atoms with E-state index in [0.29, 0.717) is 10.8 Å². The van der Waals surface area contributed by atoms with Crippen molar-refractivity contribution in [2.24, 2.45) is 0 Å². The first-order valence-corrected chi connectivity index (χ1v) is 6.59. The van der Waals surface area contributed by atoms with Crippen LogP contribution in [0.4, 0.5) is 0 Å². The van der Waals surface area contributed by atoms with E-state index in [4.69, 9.17) is 16.3 Å². The van der Waals surface area contributed by atoms with Gasteiger partial charge in [-0.05, 0) is 32.1 Å². The summed E-state index contributed by atoms with van der Waals surface area (Å²) in [6.07, 6.45) is 6.85. The Bertz CT molecular complexity index is 762. The highest BCUT2D eigenvalue weighted by Crippen LogP contribution is 2.35. The van der Waals surface area contributed by atoms with Gasteiger partial charge < -0.3 is 4.74 Å². The molecule has 0 fully saturated rings. The van der Waals surface area contributed by atoms with Crippen LogP contribution >= 0.6 is 11.6 Å². The zero-order valence-electron chi connectivity index (χ0n) is 11.1. The topological polar surface area (TPSA) is 44.1 Å². The van der Waals surface area contributed by atoms with Crippen molar-refractivity contribution in [3.05, 3.63) is 63.8 Å². The van der Waals surface area contributed by atoms with E-state index in [2.05, 4.69) is 4.98 Å². The van der Waals surface area contributed by atoms with Crippen molar-refractivity contribution >= 4 is 17.3 Å². The zero-order chi connectivity index (χ0) is 14.3. The van der Waals surface area contributed by atoms with Gasteiger partial charge in [-0.25, -0.2) is 0 Å². The van der Waals surface area contributed by atoms with Crippen LogP contribution in [0.25, 0.3) is 5.70 Å². The summed E-state index contributed by atoms with van der Waals surface area (Å²) < 4.78 is 7.39. The highest BCUT2D eigenvalue weighted by Gasteiger charge is 2.27. The molecule has 0 atom stereocenters. The molecule has 0 saturated heterocycles. The molecule has 0 aliphatic carbocycles. The van der Waals surface area contributed by atoms with E-state index in [0.717, 1.165) is 11.3 Å². The number of pyridine rings is 2. The van der Waals surface area contributed by atoms with Crippen LogP contribution in [0.2, 0.25) is 5.02 Å². The SMILES string of the molecule is CC1(C)C=C(n2cc(Cl)ccc2=O)c2ccncc2O1. The van der Waals surface area contributed by atoms with Crippen LogP contribution in [-0.4, -0.2) is 15.2 Å². The van der Waals surface area contributed by atoms with E-state index in [1.807, 2.05) is 26.0 Å². The molecular weight excluding hydrogens is 276 g/mol. The van der Waals surface area contributed by atoms with Gasteiger partial charge in [-0.1, -0.05) is 11.6 Å². The van der Waals surface area contributed by atoms with Gasteiger partial charge >= 0.3 is 0 Å². The molecule has 0 aromatic carbocycles. The lowest BCUT2D eigenvalue weighted by atomic mass is 10.00. The second kappa shape index (κ2) is 4.49. The molecule has 5 heteroatoms. The Kier molecular flexibility index (Phi) is 2.91. The Morgan fingerprint density at radius 3 is 2.90 bits per heavy atom. The van der Waals surface area contributed by atoms with Gasteiger partial charge in [-0.2, -0.15) is 0 Å². The maximum Gasteiger partial charge on any atom is 0.255 e. The molecule has 3 rings (SSSR count). The molecule has 2 aromatic heterocycles. The number of rotatable bonds is 1. The largest absolute Gasteiger partial charge is 0.481 e. The Morgan fingerprint density at radius 2 is 2.10 bits per heavy atom. The van der Waals surface area contributed by atoms with Crippen molar-refractivity contribution in [3.63, 3.8) is 0 Å². The third kappa shape index (κ3) is 2.23. The second-order valence-electron chi connectivity index (χ2n) is 5.16. The fourth-order valence-electron chi connectivity index (χ4n) is 2.24. The predicted octanol–water partition coefficient (Wildman–Crippen LogP) is 2.96. The first kappa shape index (κ1) is 12.9. The number of hydrogen-bond acceptors (Lipinski definition) is 3. The van der Waals surface area contributed by atoms with Crippen molar-refractivity contribution in [3.8, 4) is 5.75 Å². The van der Waals surface area contributed by atoms with E-state index in [1.165, 1.54) is 10.6 Å². The molecule has 0 spiro atoms. The van der Waals surface area contributed by atoms with Gasteiger partial charge in [-0.15, -0.1) is 0 Å². The van der Waals surface area contributed by atoms with Gasteiger partial charge in [0.15, 0.2) is 0 Å². The minimum Gasteiger partial charge on any atom is -0.481 e. The highest BCUT2D eigenvalue weighted by molar-refractivity contribution is 6.30. The molecular formula is C15H13ClN2O2. The average molecular weight is 289 g/mol. The normalized spacial score (nSPS) is 16.1. The van der Waals surface area contributed by atoms with Crippen LogP contribution in [0.1, 0.15) is 19.4 Å². The molecule has 3 heterocycles. The molecule has 20 heavy (non-hydrogen) atoms. The third-order valence-electron chi connectivity index (χ3n) is 3.05. The fraction of sp³-hybridized carbons (Fsp3) is 0.200.